The predicted molar refractivity (Wildman–Crippen MR) is 55.9 cm³/mol. The highest BCUT2D eigenvalue weighted by atomic mass is 16.5. The van der Waals surface area contributed by atoms with Crippen LogP contribution in [0.4, 0.5) is 0 Å². The summed E-state index contributed by atoms with van der Waals surface area (Å²) < 4.78 is 6.58. The summed E-state index contributed by atoms with van der Waals surface area (Å²) in [7, 11) is 0. The second-order valence-electron chi connectivity index (χ2n) is 3.67. The Kier molecular flexibility index (Phi) is 1.82. The quantitative estimate of drug-likeness (QED) is 0.692. The number of hydrogen-bond donors (Lipinski definition) is 0. The maximum Gasteiger partial charge on any atom is 0.275 e. The summed E-state index contributed by atoms with van der Waals surface area (Å²) in [4.78, 5) is 12.0. The molecule has 1 aliphatic heterocycles. The van der Waals surface area contributed by atoms with E-state index in [9.17, 15) is 4.79 Å². The van der Waals surface area contributed by atoms with Gasteiger partial charge < -0.3 is 4.74 Å². The van der Waals surface area contributed by atoms with Crippen LogP contribution in [-0.4, -0.2) is 23.0 Å². The molecule has 1 saturated heterocycles. The van der Waals surface area contributed by atoms with Crippen LogP contribution >= 0.6 is 0 Å². The van der Waals surface area contributed by atoms with Crippen LogP contribution in [-0.2, 0) is 4.74 Å². The molecule has 0 amide bonds. The van der Waals surface area contributed by atoms with Crippen molar-refractivity contribution in [2.75, 3.05) is 13.2 Å². The molecule has 3 rings (SSSR count). The minimum absolute atomic E-state index is 0.0265. The fourth-order valence-electron chi connectivity index (χ4n) is 1.73. The normalized spacial score (nSPS) is 16.5. The lowest BCUT2D eigenvalue weighted by molar-refractivity contribution is -0.0305. The Morgan fingerprint density at radius 1 is 1.33 bits per heavy atom. The van der Waals surface area contributed by atoms with Gasteiger partial charge in [-0.2, -0.15) is 5.10 Å². The van der Waals surface area contributed by atoms with Crippen LogP contribution < -0.4 is 5.56 Å². The van der Waals surface area contributed by atoms with E-state index >= 15 is 0 Å². The highest BCUT2D eigenvalue weighted by molar-refractivity contribution is 5.80. The molecule has 1 fully saturated rings. The first kappa shape index (κ1) is 8.61. The second kappa shape index (κ2) is 3.17. The smallest absolute Gasteiger partial charge is 0.275 e. The second-order valence-corrected chi connectivity index (χ2v) is 3.67. The lowest BCUT2D eigenvalue weighted by Gasteiger charge is -2.26. The summed E-state index contributed by atoms with van der Waals surface area (Å²) in [5.74, 6) is 0. The van der Waals surface area contributed by atoms with Gasteiger partial charge in [-0.25, -0.2) is 4.68 Å². The molecule has 0 spiro atoms. The first-order chi connectivity index (χ1) is 7.36. The number of nitrogens with zero attached hydrogens (tertiary/aromatic N) is 2. The molecule has 76 valence electrons. The van der Waals surface area contributed by atoms with Gasteiger partial charge in [0.05, 0.1) is 24.8 Å². The highest BCUT2D eigenvalue weighted by Gasteiger charge is 2.22. The largest absolute Gasteiger partial charge is 0.377 e. The maximum atomic E-state index is 12.0. The van der Waals surface area contributed by atoms with Crippen LogP contribution in [0.3, 0.4) is 0 Å². The van der Waals surface area contributed by atoms with Gasteiger partial charge in [0.2, 0.25) is 0 Å². The van der Waals surface area contributed by atoms with E-state index < -0.39 is 0 Å². The van der Waals surface area contributed by atoms with Crippen molar-refractivity contribution in [3.63, 3.8) is 0 Å². The monoisotopic (exact) mass is 202 g/mol. The summed E-state index contributed by atoms with van der Waals surface area (Å²) in [5, 5.41) is 5.76. The van der Waals surface area contributed by atoms with Crippen LogP contribution in [0.2, 0.25) is 0 Å². The van der Waals surface area contributed by atoms with E-state index in [1.807, 2.05) is 24.3 Å². The third-order valence-electron chi connectivity index (χ3n) is 2.69. The molecule has 15 heavy (non-hydrogen) atoms. The SMILES string of the molecule is O=c1c2ccccc2cnn1C1COC1. The summed E-state index contributed by atoms with van der Waals surface area (Å²) in [5.41, 5.74) is -0.0265. The molecular formula is C11H10N2O2. The van der Waals surface area contributed by atoms with Gasteiger partial charge in [0.25, 0.3) is 5.56 Å². The number of aromatic nitrogens is 2. The molecule has 1 aromatic carbocycles. The zero-order valence-electron chi connectivity index (χ0n) is 8.09. The van der Waals surface area contributed by atoms with Crippen LogP contribution in [0, 0.1) is 0 Å². The zero-order valence-corrected chi connectivity index (χ0v) is 8.09. The highest BCUT2D eigenvalue weighted by Crippen LogP contribution is 2.15. The van der Waals surface area contributed by atoms with Crippen molar-refractivity contribution in [2.45, 2.75) is 6.04 Å². The summed E-state index contributed by atoms with van der Waals surface area (Å²) >= 11 is 0. The lowest BCUT2D eigenvalue weighted by Crippen LogP contribution is -2.38. The lowest BCUT2D eigenvalue weighted by atomic mass is 10.2. The molecule has 1 aliphatic rings. The Morgan fingerprint density at radius 3 is 2.87 bits per heavy atom. The van der Waals surface area contributed by atoms with Crippen LogP contribution in [0.25, 0.3) is 10.8 Å². The summed E-state index contributed by atoms with van der Waals surface area (Å²) in [6.45, 7) is 1.18. The van der Waals surface area contributed by atoms with E-state index in [1.54, 1.807) is 6.20 Å². The van der Waals surface area contributed by atoms with Crippen molar-refractivity contribution < 1.29 is 4.74 Å². The Bertz CT molecular complexity index is 558. The summed E-state index contributed by atoms with van der Waals surface area (Å²) in [6.07, 6.45) is 1.73. The van der Waals surface area contributed by atoms with Gasteiger partial charge in [-0.3, -0.25) is 4.79 Å². The number of fused-ring (bicyclic) bond motifs is 1. The van der Waals surface area contributed by atoms with Gasteiger partial charge in [-0.05, 0) is 6.07 Å². The first-order valence-electron chi connectivity index (χ1n) is 4.90. The average molecular weight is 202 g/mol. The number of rotatable bonds is 1. The molecule has 0 radical (unpaired) electrons. The predicted octanol–water partition coefficient (Wildman–Crippen LogP) is 0.968. The molecule has 0 saturated carbocycles. The zero-order chi connectivity index (χ0) is 10.3. The Balaban J connectivity index is 2.25. The van der Waals surface area contributed by atoms with Crippen molar-refractivity contribution in [1.29, 1.82) is 0 Å². The molecule has 1 aromatic heterocycles. The number of ether oxygens (including phenoxy) is 1. The minimum Gasteiger partial charge on any atom is -0.377 e. The molecule has 0 N–H and O–H groups in total. The van der Waals surface area contributed by atoms with Crippen molar-refractivity contribution in [3.8, 4) is 0 Å². The summed E-state index contributed by atoms with van der Waals surface area (Å²) in [6, 6.07) is 7.61. The van der Waals surface area contributed by atoms with E-state index in [-0.39, 0.29) is 11.6 Å². The van der Waals surface area contributed by atoms with E-state index in [2.05, 4.69) is 5.10 Å². The molecule has 0 bridgehead atoms. The van der Waals surface area contributed by atoms with Gasteiger partial charge >= 0.3 is 0 Å². The minimum atomic E-state index is -0.0265. The van der Waals surface area contributed by atoms with Crippen molar-refractivity contribution >= 4 is 10.8 Å². The molecule has 0 aliphatic carbocycles. The molecule has 2 heterocycles. The van der Waals surface area contributed by atoms with Crippen molar-refractivity contribution in [1.82, 2.24) is 9.78 Å². The third kappa shape index (κ3) is 1.26. The van der Waals surface area contributed by atoms with Gasteiger partial charge in [0.15, 0.2) is 0 Å². The maximum absolute atomic E-state index is 12.0. The van der Waals surface area contributed by atoms with Crippen molar-refractivity contribution in [3.05, 3.63) is 40.8 Å². The van der Waals surface area contributed by atoms with Gasteiger partial charge in [0.1, 0.15) is 6.04 Å². The number of benzene rings is 1. The van der Waals surface area contributed by atoms with Crippen LogP contribution in [0.5, 0.6) is 0 Å². The first-order valence-corrected chi connectivity index (χ1v) is 4.90. The average Bonchev–Trinajstić information content (AvgIpc) is 2.20. The van der Waals surface area contributed by atoms with E-state index in [4.69, 9.17) is 4.74 Å². The Morgan fingerprint density at radius 2 is 2.13 bits per heavy atom. The van der Waals surface area contributed by atoms with Gasteiger partial charge in [-0.1, -0.05) is 18.2 Å². The molecular weight excluding hydrogens is 192 g/mol. The molecule has 4 heteroatoms. The molecule has 4 nitrogen and oxygen atoms in total. The van der Waals surface area contributed by atoms with Crippen LogP contribution in [0.1, 0.15) is 6.04 Å². The van der Waals surface area contributed by atoms with Gasteiger partial charge in [-0.15, -0.1) is 0 Å². The fourth-order valence-corrected chi connectivity index (χ4v) is 1.73. The Hall–Kier alpha value is -1.68. The standard InChI is InChI=1S/C11H10N2O2/c14-11-10-4-2-1-3-8(10)5-12-13(11)9-6-15-7-9/h1-5,9H,6-7H2. The van der Waals surface area contributed by atoms with Crippen molar-refractivity contribution in [2.24, 2.45) is 0 Å². The van der Waals surface area contributed by atoms with Crippen LogP contribution in [0.15, 0.2) is 35.3 Å². The van der Waals surface area contributed by atoms with E-state index in [0.717, 1.165) is 10.8 Å². The third-order valence-corrected chi connectivity index (χ3v) is 2.69. The van der Waals surface area contributed by atoms with Gasteiger partial charge in [0, 0.05) is 5.39 Å². The molecule has 0 unspecified atom stereocenters. The topological polar surface area (TPSA) is 44.1 Å². The fraction of sp³-hybridized carbons (Fsp3) is 0.273. The van der Waals surface area contributed by atoms with E-state index in [1.165, 1.54) is 4.68 Å². The van der Waals surface area contributed by atoms with E-state index in [0.29, 0.717) is 13.2 Å². The molecule has 0 atom stereocenters. The Labute approximate surface area is 86.1 Å². The number of hydrogen-bond acceptors (Lipinski definition) is 3. The molecule has 2 aromatic rings.